The molecule has 2 N–H and O–H groups in total. The summed E-state index contributed by atoms with van der Waals surface area (Å²) in [6.45, 7) is 5.05. The summed E-state index contributed by atoms with van der Waals surface area (Å²) in [6.07, 6.45) is 42.2. The number of aliphatic carboxylic acids is 2. The van der Waals surface area contributed by atoms with E-state index < -0.39 is 17.5 Å². The van der Waals surface area contributed by atoms with Gasteiger partial charge in [-0.3, -0.25) is 9.59 Å². The van der Waals surface area contributed by atoms with Crippen LogP contribution in [0.25, 0.3) is 0 Å². The van der Waals surface area contributed by atoms with Crippen molar-refractivity contribution in [2.24, 2.45) is 0 Å². The number of allylic oxidation sites excluding steroid dienone is 4. The van der Waals surface area contributed by atoms with Gasteiger partial charge in [0.25, 0.3) is 5.91 Å². The minimum atomic E-state index is -1.49. The molecule has 7 heteroatoms. The SMILES string of the molecule is CCCCCCCCC=CCCCCCCCCN(C(=O)C[N+](C)(C)C)[C@@](CCCCCCCCC=CCCCCCCCC)(CCC(=O)O)C(=O)O. The number of carbonyl (C=O) groups is 3. The highest BCUT2D eigenvalue weighted by Gasteiger charge is 2.46. The molecule has 7 nitrogen and oxygen atoms in total. The van der Waals surface area contributed by atoms with Crippen LogP contribution >= 0.6 is 0 Å². The van der Waals surface area contributed by atoms with E-state index in [2.05, 4.69) is 38.2 Å². The van der Waals surface area contributed by atoms with Crippen LogP contribution in [-0.4, -0.2) is 77.2 Å². The molecular weight excluding hydrogens is 661 g/mol. The minimum absolute atomic E-state index is 0.0575. The van der Waals surface area contributed by atoms with Crippen LogP contribution in [0.3, 0.4) is 0 Å². The molecule has 0 aromatic rings. The zero-order valence-corrected chi connectivity index (χ0v) is 35.7. The molecule has 0 aromatic heterocycles. The largest absolute Gasteiger partial charge is 0.481 e. The lowest BCUT2D eigenvalue weighted by Crippen LogP contribution is -2.60. The topological polar surface area (TPSA) is 94.9 Å². The van der Waals surface area contributed by atoms with Crippen molar-refractivity contribution in [3.63, 3.8) is 0 Å². The van der Waals surface area contributed by atoms with Crippen LogP contribution in [0.2, 0.25) is 0 Å². The highest BCUT2D eigenvalue weighted by molar-refractivity contribution is 5.88. The summed E-state index contributed by atoms with van der Waals surface area (Å²) in [5, 5.41) is 20.3. The number of carboxylic acid groups (broad SMARTS) is 2. The fourth-order valence-corrected chi connectivity index (χ4v) is 7.29. The van der Waals surface area contributed by atoms with Crippen molar-refractivity contribution in [3.05, 3.63) is 24.3 Å². The Morgan fingerprint density at radius 1 is 0.509 bits per heavy atom. The summed E-state index contributed by atoms with van der Waals surface area (Å²) in [5.74, 6) is -2.28. The molecule has 53 heavy (non-hydrogen) atoms. The Balaban J connectivity index is 4.89. The molecule has 0 saturated carbocycles. The first-order chi connectivity index (χ1) is 25.5. The molecule has 0 aliphatic carbocycles. The van der Waals surface area contributed by atoms with Gasteiger partial charge in [-0.2, -0.15) is 0 Å². The van der Waals surface area contributed by atoms with Crippen LogP contribution in [0.15, 0.2) is 24.3 Å². The van der Waals surface area contributed by atoms with E-state index in [0.29, 0.717) is 23.9 Å². The number of carbonyl (C=O) groups excluding carboxylic acids is 1. The van der Waals surface area contributed by atoms with Gasteiger partial charge in [0.15, 0.2) is 6.54 Å². The summed E-state index contributed by atoms with van der Waals surface area (Å²) in [5.41, 5.74) is -1.49. The maximum atomic E-state index is 13.8. The Hall–Kier alpha value is -2.15. The van der Waals surface area contributed by atoms with Gasteiger partial charge in [0.2, 0.25) is 0 Å². The van der Waals surface area contributed by atoms with Gasteiger partial charge >= 0.3 is 11.9 Å². The molecule has 0 rings (SSSR count). The summed E-state index contributed by atoms with van der Waals surface area (Å²) < 4.78 is 0.394. The third-order valence-electron chi connectivity index (χ3n) is 10.6. The van der Waals surface area contributed by atoms with Gasteiger partial charge in [-0.25, -0.2) is 4.79 Å². The zero-order chi connectivity index (χ0) is 39.5. The average molecular weight is 748 g/mol. The van der Waals surface area contributed by atoms with E-state index in [-0.39, 0.29) is 25.3 Å². The molecule has 0 saturated heterocycles. The van der Waals surface area contributed by atoms with Crippen LogP contribution < -0.4 is 0 Å². The van der Waals surface area contributed by atoms with E-state index in [1.165, 1.54) is 109 Å². The summed E-state index contributed by atoms with van der Waals surface area (Å²) >= 11 is 0. The van der Waals surface area contributed by atoms with Gasteiger partial charge in [0, 0.05) is 13.0 Å². The molecule has 0 aromatic carbocycles. The lowest BCUT2D eigenvalue weighted by molar-refractivity contribution is -0.862. The van der Waals surface area contributed by atoms with Gasteiger partial charge in [-0.15, -0.1) is 0 Å². The first-order valence-corrected chi connectivity index (χ1v) is 22.4. The van der Waals surface area contributed by atoms with Gasteiger partial charge < -0.3 is 19.6 Å². The third-order valence-corrected chi connectivity index (χ3v) is 10.6. The summed E-state index contributed by atoms with van der Waals surface area (Å²) in [7, 11) is 5.81. The van der Waals surface area contributed by atoms with E-state index in [1.807, 2.05) is 21.1 Å². The van der Waals surface area contributed by atoms with E-state index in [9.17, 15) is 24.6 Å². The Labute approximate surface area is 328 Å². The molecule has 0 bridgehead atoms. The monoisotopic (exact) mass is 748 g/mol. The summed E-state index contributed by atoms with van der Waals surface area (Å²) in [4.78, 5) is 40.2. The number of hydrogen-bond acceptors (Lipinski definition) is 3. The molecule has 1 atom stereocenters. The first kappa shape index (κ1) is 50.9. The Kier molecular flexibility index (Phi) is 33.0. The van der Waals surface area contributed by atoms with Gasteiger partial charge in [0.05, 0.1) is 21.1 Å². The molecule has 0 heterocycles. The lowest BCUT2D eigenvalue weighted by atomic mass is 9.84. The van der Waals surface area contributed by atoms with Gasteiger partial charge in [-0.1, -0.05) is 160 Å². The normalized spacial score (nSPS) is 13.2. The number of carboxylic acids is 2. The molecule has 1 amide bonds. The number of amides is 1. The van der Waals surface area contributed by atoms with Crippen molar-refractivity contribution in [3.8, 4) is 0 Å². The fraction of sp³-hybridized carbons (Fsp3) is 0.848. The fourth-order valence-electron chi connectivity index (χ4n) is 7.29. The van der Waals surface area contributed by atoms with Crippen molar-refractivity contribution in [1.29, 1.82) is 0 Å². The molecule has 0 fully saturated rings. The smallest absolute Gasteiger partial charge is 0.329 e. The van der Waals surface area contributed by atoms with Crippen LogP contribution in [0.1, 0.15) is 213 Å². The van der Waals surface area contributed by atoms with E-state index in [0.717, 1.165) is 64.2 Å². The number of nitrogens with zero attached hydrogens (tertiary/aromatic N) is 2. The number of hydrogen-bond donors (Lipinski definition) is 2. The number of unbranched alkanes of at least 4 members (excludes halogenated alkanes) is 24. The van der Waals surface area contributed by atoms with Crippen molar-refractivity contribution in [2.75, 3.05) is 34.2 Å². The highest BCUT2D eigenvalue weighted by Crippen LogP contribution is 2.31. The van der Waals surface area contributed by atoms with E-state index in [4.69, 9.17) is 0 Å². The zero-order valence-electron chi connectivity index (χ0n) is 35.7. The van der Waals surface area contributed by atoms with Crippen LogP contribution in [0.5, 0.6) is 0 Å². The van der Waals surface area contributed by atoms with Crippen molar-refractivity contribution < 1.29 is 29.1 Å². The number of quaternary nitrogens is 1. The van der Waals surface area contributed by atoms with Crippen LogP contribution in [-0.2, 0) is 14.4 Å². The second-order valence-electron chi connectivity index (χ2n) is 16.8. The number of likely N-dealkylation sites (N-methyl/N-ethyl adjacent to an activating group) is 1. The van der Waals surface area contributed by atoms with Crippen LogP contribution in [0, 0.1) is 0 Å². The Morgan fingerprint density at radius 3 is 1.23 bits per heavy atom. The summed E-state index contributed by atoms with van der Waals surface area (Å²) in [6, 6.07) is 0. The standard InChI is InChI=1S/C46H86N2O5/c1-6-8-10-12-14-16-18-20-22-24-26-28-30-32-34-36-39-46(45(52)53,40-38-44(50)51)47(43(49)42-48(3,4)5)41-37-35-33-31-29-27-25-23-21-19-17-15-13-11-9-7-2/h20-23H,6-19,24-42H2,1-5H3,(H-,50,51,52,53)/p+1/t46-/m0/s1. The van der Waals surface area contributed by atoms with Crippen molar-refractivity contribution >= 4 is 17.8 Å². The Morgan fingerprint density at radius 2 is 0.868 bits per heavy atom. The molecular formula is C46H87N2O5+. The molecule has 0 aliphatic heterocycles. The maximum absolute atomic E-state index is 13.8. The second-order valence-corrected chi connectivity index (χ2v) is 16.8. The Bertz CT molecular complexity index is 956. The molecule has 0 aliphatic rings. The molecule has 0 spiro atoms. The van der Waals surface area contributed by atoms with Gasteiger partial charge in [-0.05, 0) is 70.6 Å². The third kappa shape index (κ3) is 29.8. The molecule has 0 unspecified atom stereocenters. The molecule has 0 radical (unpaired) electrons. The van der Waals surface area contributed by atoms with Crippen LogP contribution in [0.4, 0.5) is 0 Å². The van der Waals surface area contributed by atoms with Crippen molar-refractivity contribution in [1.82, 2.24) is 4.90 Å². The predicted molar refractivity (Wildman–Crippen MR) is 225 cm³/mol. The first-order valence-electron chi connectivity index (χ1n) is 22.4. The van der Waals surface area contributed by atoms with Crippen molar-refractivity contribution in [2.45, 2.75) is 218 Å². The number of rotatable bonds is 39. The predicted octanol–water partition coefficient (Wildman–Crippen LogP) is 12.7. The average Bonchev–Trinajstić information content (AvgIpc) is 3.10. The van der Waals surface area contributed by atoms with E-state index in [1.54, 1.807) is 4.90 Å². The highest BCUT2D eigenvalue weighted by atomic mass is 16.4. The van der Waals surface area contributed by atoms with Gasteiger partial charge in [0.1, 0.15) is 5.54 Å². The minimum Gasteiger partial charge on any atom is -0.481 e. The quantitative estimate of drug-likeness (QED) is 0.0371. The molecule has 310 valence electrons. The van der Waals surface area contributed by atoms with E-state index >= 15 is 0 Å². The lowest BCUT2D eigenvalue weighted by Gasteiger charge is -2.42. The second kappa shape index (κ2) is 34.3. The maximum Gasteiger partial charge on any atom is 0.329 e.